The molecule has 1 amide bonds. The molecule has 7 nitrogen and oxygen atoms in total. The van der Waals surface area contributed by atoms with Crippen LogP contribution in [0.5, 0.6) is 5.75 Å². The first-order chi connectivity index (χ1) is 14.6. The molecule has 0 aliphatic carbocycles. The van der Waals surface area contributed by atoms with E-state index in [4.69, 9.17) is 9.73 Å². The van der Waals surface area contributed by atoms with Crippen LogP contribution in [0.1, 0.15) is 22.8 Å². The normalized spacial score (nSPS) is 14.4. The van der Waals surface area contributed by atoms with Crippen molar-refractivity contribution in [2.24, 2.45) is 4.99 Å². The van der Waals surface area contributed by atoms with E-state index in [-0.39, 0.29) is 5.91 Å². The third kappa shape index (κ3) is 5.43. The second kappa shape index (κ2) is 10.5. The van der Waals surface area contributed by atoms with Gasteiger partial charge in [0.05, 0.1) is 13.7 Å². The van der Waals surface area contributed by atoms with Gasteiger partial charge >= 0.3 is 0 Å². The molecule has 1 heterocycles. The molecule has 1 saturated heterocycles. The van der Waals surface area contributed by atoms with Gasteiger partial charge in [0.25, 0.3) is 5.91 Å². The number of benzene rings is 2. The van der Waals surface area contributed by atoms with Gasteiger partial charge < -0.3 is 25.2 Å². The van der Waals surface area contributed by atoms with Gasteiger partial charge in [0, 0.05) is 51.0 Å². The van der Waals surface area contributed by atoms with Crippen molar-refractivity contribution in [3.05, 3.63) is 59.7 Å². The maximum absolute atomic E-state index is 11.7. The number of nitrogens with zero attached hydrogens (tertiary/aromatic N) is 3. The molecule has 3 rings (SSSR count). The van der Waals surface area contributed by atoms with E-state index in [0.29, 0.717) is 12.1 Å². The molecule has 30 heavy (non-hydrogen) atoms. The number of rotatable bonds is 6. The van der Waals surface area contributed by atoms with Crippen LogP contribution < -0.4 is 20.3 Å². The van der Waals surface area contributed by atoms with Gasteiger partial charge in [-0.25, -0.2) is 4.99 Å². The Morgan fingerprint density at radius 3 is 2.27 bits per heavy atom. The Labute approximate surface area is 178 Å². The van der Waals surface area contributed by atoms with Crippen molar-refractivity contribution >= 4 is 17.6 Å². The van der Waals surface area contributed by atoms with Gasteiger partial charge in [-0.2, -0.15) is 0 Å². The average molecular weight is 410 g/mol. The van der Waals surface area contributed by atoms with E-state index in [9.17, 15) is 4.79 Å². The second-order valence-corrected chi connectivity index (χ2v) is 7.12. The van der Waals surface area contributed by atoms with Crippen LogP contribution in [0.4, 0.5) is 5.69 Å². The van der Waals surface area contributed by atoms with Gasteiger partial charge in [-0.3, -0.25) is 4.79 Å². The minimum Gasteiger partial charge on any atom is -0.497 e. The molecule has 1 aliphatic rings. The lowest BCUT2D eigenvalue weighted by Crippen LogP contribution is -2.52. The van der Waals surface area contributed by atoms with Gasteiger partial charge in [0.15, 0.2) is 5.96 Å². The van der Waals surface area contributed by atoms with E-state index >= 15 is 0 Å². The van der Waals surface area contributed by atoms with E-state index < -0.39 is 0 Å². The standard InChI is InChI=1S/C23H31N5O2/c1-4-25-23(26-17-18-5-7-19(8-6-18)22(29)24-2)28-15-13-27(14-16-28)20-9-11-21(30-3)12-10-20/h5-12H,4,13-17H2,1-3H3,(H,24,29)(H,25,26). The fraction of sp³-hybridized carbons (Fsp3) is 0.391. The van der Waals surface area contributed by atoms with Crippen LogP contribution >= 0.6 is 0 Å². The number of amides is 1. The van der Waals surface area contributed by atoms with Crippen LogP contribution in [0, 0.1) is 0 Å². The lowest BCUT2D eigenvalue weighted by Gasteiger charge is -2.37. The summed E-state index contributed by atoms with van der Waals surface area (Å²) in [6.07, 6.45) is 0. The summed E-state index contributed by atoms with van der Waals surface area (Å²) in [5, 5.41) is 6.05. The number of anilines is 1. The highest BCUT2D eigenvalue weighted by molar-refractivity contribution is 5.93. The zero-order valence-electron chi connectivity index (χ0n) is 18.0. The first-order valence-electron chi connectivity index (χ1n) is 10.4. The topological polar surface area (TPSA) is 69.2 Å². The Kier molecular flexibility index (Phi) is 7.54. The molecule has 0 unspecified atom stereocenters. The molecular weight excluding hydrogens is 378 g/mol. The molecule has 0 bridgehead atoms. The average Bonchev–Trinajstić information content (AvgIpc) is 2.82. The lowest BCUT2D eigenvalue weighted by atomic mass is 10.1. The van der Waals surface area contributed by atoms with Crippen LogP contribution in [0.25, 0.3) is 0 Å². The highest BCUT2D eigenvalue weighted by Crippen LogP contribution is 2.20. The number of hydrogen-bond donors (Lipinski definition) is 2. The molecule has 2 N–H and O–H groups in total. The van der Waals surface area contributed by atoms with Crippen LogP contribution in [0.15, 0.2) is 53.5 Å². The van der Waals surface area contributed by atoms with Crippen molar-refractivity contribution in [2.45, 2.75) is 13.5 Å². The van der Waals surface area contributed by atoms with E-state index in [1.165, 1.54) is 5.69 Å². The van der Waals surface area contributed by atoms with Gasteiger partial charge in [0.1, 0.15) is 5.75 Å². The molecule has 0 aromatic heterocycles. The van der Waals surface area contributed by atoms with Crippen molar-refractivity contribution in [1.82, 2.24) is 15.5 Å². The highest BCUT2D eigenvalue weighted by atomic mass is 16.5. The fourth-order valence-electron chi connectivity index (χ4n) is 3.47. The Hall–Kier alpha value is -3.22. The zero-order chi connectivity index (χ0) is 21.3. The molecule has 0 atom stereocenters. The number of guanidine groups is 1. The molecule has 0 radical (unpaired) electrons. The van der Waals surface area contributed by atoms with Crippen molar-refractivity contribution in [3.8, 4) is 5.75 Å². The molecular formula is C23H31N5O2. The van der Waals surface area contributed by atoms with Crippen LogP contribution in [0.2, 0.25) is 0 Å². The van der Waals surface area contributed by atoms with E-state index in [0.717, 1.165) is 50.0 Å². The zero-order valence-corrected chi connectivity index (χ0v) is 18.0. The molecule has 0 spiro atoms. The van der Waals surface area contributed by atoms with Crippen LogP contribution in [-0.2, 0) is 6.54 Å². The molecule has 160 valence electrons. The van der Waals surface area contributed by atoms with Crippen LogP contribution in [0.3, 0.4) is 0 Å². The van der Waals surface area contributed by atoms with Gasteiger partial charge in [-0.05, 0) is 48.9 Å². The second-order valence-electron chi connectivity index (χ2n) is 7.12. The van der Waals surface area contributed by atoms with Gasteiger partial charge in [-0.1, -0.05) is 12.1 Å². The molecule has 7 heteroatoms. The van der Waals surface area contributed by atoms with Crippen molar-refractivity contribution in [1.29, 1.82) is 0 Å². The summed E-state index contributed by atoms with van der Waals surface area (Å²) in [7, 11) is 3.32. The van der Waals surface area contributed by atoms with Crippen LogP contribution in [-0.4, -0.2) is 63.6 Å². The fourth-order valence-corrected chi connectivity index (χ4v) is 3.47. The Bertz CT molecular complexity index is 841. The number of carbonyl (C=O) groups excluding carboxylic acids is 1. The minimum absolute atomic E-state index is 0.0758. The Morgan fingerprint density at radius 1 is 1.03 bits per heavy atom. The number of nitrogens with one attached hydrogen (secondary N) is 2. The van der Waals surface area contributed by atoms with E-state index in [1.807, 2.05) is 36.4 Å². The minimum atomic E-state index is -0.0758. The smallest absolute Gasteiger partial charge is 0.251 e. The molecule has 1 fully saturated rings. The summed E-state index contributed by atoms with van der Waals surface area (Å²) < 4.78 is 5.25. The lowest BCUT2D eigenvalue weighted by molar-refractivity contribution is 0.0963. The van der Waals surface area contributed by atoms with Crippen molar-refractivity contribution in [2.75, 3.05) is 51.8 Å². The first-order valence-corrected chi connectivity index (χ1v) is 10.4. The number of aliphatic imine (C=N–C) groups is 1. The predicted molar refractivity (Wildman–Crippen MR) is 121 cm³/mol. The monoisotopic (exact) mass is 409 g/mol. The highest BCUT2D eigenvalue weighted by Gasteiger charge is 2.20. The largest absolute Gasteiger partial charge is 0.497 e. The molecule has 2 aromatic carbocycles. The number of ether oxygens (including phenoxy) is 1. The summed E-state index contributed by atoms with van der Waals surface area (Å²) in [5.41, 5.74) is 2.95. The number of methoxy groups -OCH3 is 1. The van der Waals surface area contributed by atoms with Gasteiger partial charge in [0.2, 0.25) is 0 Å². The maximum Gasteiger partial charge on any atom is 0.251 e. The summed E-state index contributed by atoms with van der Waals surface area (Å²) >= 11 is 0. The van der Waals surface area contributed by atoms with E-state index in [2.05, 4.69) is 39.5 Å². The first kappa shape index (κ1) is 21.5. The molecule has 2 aromatic rings. The summed E-state index contributed by atoms with van der Waals surface area (Å²) in [6.45, 7) is 7.19. The Balaban J connectivity index is 1.60. The van der Waals surface area contributed by atoms with Gasteiger partial charge in [-0.15, -0.1) is 0 Å². The SMILES string of the molecule is CCNC(=NCc1ccc(C(=O)NC)cc1)N1CCN(c2ccc(OC)cc2)CC1. The number of carbonyl (C=O) groups is 1. The van der Waals surface area contributed by atoms with Crippen molar-refractivity contribution in [3.63, 3.8) is 0 Å². The molecule has 0 saturated carbocycles. The quantitative estimate of drug-likeness (QED) is 0.566. The molecule has 1 aliphatic heterocycles. The number of hydrogen-bond acceptors (Lipinski definition) is 4. The number of piperazine rings is 1. The Morgan fingerprint density at radius 2 is 1.70 bits per heavy atom. The van der Waals surface area contributed by atoms with Crippen molar-refractivity contribution < 1.29 is 9.53 Å². The third-order valence-electron chi connectivity index (χ3n) is 5.21. The summed E-state index contributed by atoms with van der Waals surface area (Å²) in [5.74, 6) is 1.73. The summed E-state index contributed by atoms with van der Waals surface area (Å²) in [6, 6.07) is 15.8. The van der Waals surface area contributed by atoms with E-state index in [1.54, 1.807) is 14.2 Å². The predicted octanol–water partition coefficient (Wildman–Crippen LogP) is 2.34. The third-order valence-corrected chi connectivity index (χ3v) is 5.21. The summed E-state index contributed by atoms with van der Waals surface area (Å²) in [4.78, 5) is 21.2. The maximum atomic E-state index is 11.7.